The average Bonchev–Trinajstić information content (AvgIpc) is 2.47. The first-order valence-electron chi connectivity index (χ1n) is 4.49. The minimum absolute atomic E-state index is 0.193. The van der Waals surface area contributed by atoms with E-state index < -0.39 is 0 Å². The molecular weight excluding hydrogens is 268 g/mol. The third-order valence-electron chi connectivity index (χ3n) is 1.90. The Labute approximate surface area is 97.4 Å². The van der Waals surface area contributed by atoms with Crippen LogP contribution < -0.4 is 0 Å². The van der Waals surface area contributed by atoms with Crippen molar-refractivity contribution in [2.24, 2.45) is 5.92 Å². The number of thiophene rings is 1. The quantitative estimate of drug-likeness (QED) is 0.663. The molecule has 0 fully saturated rings. The lowest BCUT2D eigenvalue weighted by Crippen LogP contribution is -1.92. The third kappa shape index (κ3) is 4.01. The van der Waals surface area contributed by atoms with Gasteiger partial charge in [0.1, 0.15) is 0 Å². The zero-order valence-corrected chi connectivity index (χ0v) is 11.0. The Bertz CT molecular complexity index is 257. The predicted molar refractivity (Wildman–Crippen MR) is 64.7 cm³/mol. The molecule has 0 saturated heterocycles. The van der Waals surface area contributed by atoms with Crippen LogP contribution in [0.2, 0.25) is 0 Å². The van der Waals surface area contributed by atoms with Crippen molar-refractivity contribution in [3.63, 3.8) is 0 Å². The Balaban J connectivity index is 2.44. The number of rotatable bonds is 4. The lowest BCUT2D eigenvalue weighted by atomic mass is 10.1. The normalized spacial score (nSPS) is 13.6. The molecule has 0 aliphatic rings. The van der Waals surface area contributed by atoms with Crippen LogP contribution in [0.25, 0.3) is 0 Å². The van der Waals surface area contributed by atoms with E-state index in [1.165, 1.54) is 11.3 Å². The van der Waals surface area contributed by atoms with Crippen molar-refractivity contribution in [3.05, 3.63) is 20.8 Å². The Morgan fingerprint density at radius 2 is 2.08 bits per heavy atom. The highest BCUT2D eigenvalue weighted by Gasteiger charge is 2.10. The standard InChI is InChI=1S/C10H14BrClS/c1-7(2)3-4-8(12)9-5-6-10(11)13-9/h5-8H,3-4H2,1-2H3. The molecule has 1 heterocycles. The lowest BCUT2D eigenvalue weighted by molar-refractivity contribution is 0.551. The van der Waals surface area contributed by atoms with Crippen LogP contribution in [0.5, 0.6) is 0 Å². The molecule has 0 nitrogen and oxygen atoms in total. The molecular formula is C10H14BrClS. The van der Waals surface area contributed by atoms with Gasteiger partial charge in [-0.15, -0.1) is 22.9 Å². The van der Waals surface area contributed by atoms with Gasteiger partial charge in [0, 0.05) is 4.88 Å². The molecule has 0 aromatic carbocycles. The summed E-state index contributed by atoms with van der Waals surface area (Å²) in [4.78, 5) is 1.27. The van der Waals surface area contributed by atoms with Crippen molar-refractivity contribution >= 4 is 38.9 Å². The van der Waals surface area contributed by atoms with Crippen LogP contribution in [-0.4, -0.2) is 0 Å². The molecule has 1 atom stereocenters. The van der Waals surface area contributed by atoms with E-state index in [4.69, 9.17) is 11.6 Å². The van der Waals surface area contributed by atoms with Gasteiger partial charge in [-0.2, -0.15) is 0 Å². The Morgan fingerprint density at radius 1 is 1.38 bits per heavy atom. The molecule has 1 aromatic rings. The van der Waals surface area contributed by atoms with Crippen LogP contribution in [0.15, 0.2) is 15.9 Å². The summed E-state index contributed by atoms with van der Waals surface area (Å²) in [5.74, 6) is 0.740. The molecule has 0 aliphatic carbocycles. The summed E-state index contributed by atoms with van der Waals surface area (Å²) in [6.07, 6.45) is 2.27. The van der Waals surface area contributed by atoms with Gasteiger partial charge < -0.3 is 0 Å². The second kappa shape index (κ2) is 5.38. The molecule has 0 aliphatic heterocycles. The van der Waals surface area contributed by atoms with Crippen LogP contribution in [-0.2, 0) is 0 Å². The topological polar surface area (TPSA) is 0 Å². The number of hydrogen-bond donors (Lipinski definition) is 0. The Kier molecular flexibility index (Phi) is 4.77. The zero-order valence-electron chi connectivity index (χ0n) is 7.89. The molecule has 0 N–H and O–H groups in total. The molecule has 1 rings (SSSR count). The molecule has 1 aromatic heterocycles. The molecule has 1 unspecified atom stereocenters. The maximum atomic E-state index is 6.25. The molecule has 3 heteroatoms. The number of halogens is 2. The fraction of sp³-hybridized carbons (Fsp3) is 0.600. The first kappa shape index (κ1) is 11.5. The van der Waals surface area contributed by atoms with Gasteiger partial charge in [0.05, 0.1) is 9.16 Å². The summed E-state index contributed by atoms with van der Waals surface area (Å²) < 4.78 is 1.16. The summed E-state index contributed by atoms with van der Waals surface area (Å²) in [6.45, 7) is 4.46. The van der Waals surface area contributed by atoms with Gasteiger partial charge in [0.25, 0.3) is 0 Å². The summed E-state index contributed by atoms with van der Waals surface area (Å²) in [5.41, 5.74) is 0. The first-order chi connectivity index (χ1) is 6.09. The van der Waals surface area contributed by atoms with E-state index in [1.54, 1.807) is 11.3 Å². The van der Waals surface area contributed by atoms with Gasteiger partial charge in [0.2, 0.25) is 0 Å². The maximum absolute atomic E-state index is 6.25. The monoisotopic (exact) mass is 280 g/mol. The smallest absolute Gasteiger partial charge is 0.0701 e. The van der Waals surface area contributed by atoms with Crippen molar-refractivity contribution in [3.8, 4) is 0 Å². The second-order valence-electron chi connectivity index (χ2n) is 3.58. The zero-order chi connectivity index (χ0) is 9.84. The maximum Gasteiger partial charge on any atom is 0.0701 e. The van der Waals surface area contributed by atoms with E-state index in [0.29, 0.717) is 0 Å². The van der Waals surface area contributed by atoms with E-state index in [1.807, 2.05) is 0 Å². The van der Waals surface area contributed by atoms with Gasteiger partial charge >= 0.3 is 0 Å². The molecule has 0 spiro atoms. The highest BCUT2D eigenvalue weighted by atomic mass is 79.9. The fourth-order valence-corrected chi connectivity index (χ4v) is 2.89. The lowest BCUT2D eigenvalue weighted by Gasteiger charge is -2.08. The first-order valence-corrected chi connectivity index (χ1v) is 6.53. The molecule has 0 amide bonds. The minimum Gasteiger partial charge on any atom is -0.132 e. The summed E-state index contributed by atoms with van der Waals surface area (Å²) >= 11 is 11.4. The Hall–Kier alpha value is 0.470. The van der Waals surface area contributed by atoms with Crippen molar-refractivity contribution < 1.29 is 0 Å². The second-order valence-corrected chi connectivity index (χ2v) is 6.60. The van der Waals surface area contributed by atoms with Gasteiger partial charge in [0.15, 0.2) is 0 Å². The van der Waals surface area contributed by atoms with Crippen LogP contribution in [0, 0.1) is 5.92 Å². The number of alkyl halides is 1. The van der Waals surface area contributed by atoms with E-state index in [9.17, 15) is 0 Å². The Morgan fingerprint density at radius 3 is 2.54 bits per heavy atom. The van der Waals surface area contributed by atoms with Crippen LogP contribution >= 0.6 is 38.9 Å². The fourth-order valence-electron chi connectivity index (χ4n) is 1.12. The average molecular weight is 282 g/mol. The van der Waals surface area contributed by atoms with E-state index in [0.717, 1.165) is 16.1 Å². The van der Waals surface area contributed by atoms with Crippen molar-refractivity contribution in [2.75, 3.05) is 0 Å². The van der Waals surface area contributed by atoms with Crippen LogP contribution in [0.4, 0.5) is 0 Å². The number of hydrogen-bond acceptors (Lipinski definition) is 1. The van der Waals surface area contributed by atoms with Gasteiger partial charge in [-0.25, -0.2) is 0 Å². The van der Waals surface area contributed by atoms with Crippen LogP contribution in [0.3, 0.4) is 0 Å². The third-order valence-corrected chi connectivity index (χ3v) is 4.22. The highest BCUT2D eigenvalue weighted by Crippen LogP contribution is 2.34. The summed E-state index contributed by atoms with van der Waals surface area (Å²) in [6, 6.07) is 4.16. The van der Waals surface area contributed by atoms with Crippen LogP contribution in [0.1, 0.15) is 36.9 Å². The molecule has 0 saturated carbocycles. The molecule has 0 bridgehead atoms. The summed E-state index contributed by atoms with van der Waals surface area (Å²) in [7, 11) is 0. The van der Waals surface area contributed by atoms with Crippen molar-refractivity contribution in [2.45, 2.75) is 32.1 Å². The van der Waals surface area contributed by atoms with E-state index in [-0.39, 0.29) is 5.38 Å². The molecule has 13 heavy (non-hydrogen) atoms. The molecule has 74 valence electrons. The van der Waals surface area contributed by atoms with Crippen molar-refractivity contribution in [1.82, 2.24) is 0 Å². The van der Waals surface area contributed by atoms with Gasteiger partial charge in [-0.05, 0) is 46.8 Å². The summed E-state index contributed by atoms with van der Waals surface area (Å²) in [5, 5.41) is 0.193. The predicted octanol–water partition coefficient (Wildman–Crippen LogP) is 5.23. The SMILES string of the molecule is CC(C)CCC(Cl)c1ccc(Br)s1. The van der Waals surface area contributed by atoms with Gasteiger partial charge in [-0.3, -0.25) is 0 Å². The van der Waals surface area contributed by atoms with Gasteiger partial charge in [-0.1, -0.05) is 13.8 Å². The van der Waals surface area contributed by atoms with E-state index in [2.05, 4.69) is 41.9 Å². The highest BCUT2D eigenvalue weighted by molar-refractivity contribution is 9.11. The van der Waals surface area contributed by atoms with Crippen molar-refractivity contribution in [1.29, 1.82) is 0 Å². The minimum atomic E-state index is 0.193. The largest absolute Gasteiger partial charge is 0.132 e. The van der Waals surface area contributed by atoms with E-state index >= 15 is 0 Å². The molecule has 0 radical (unpaired) electrons.